The van der Waals surface area contributed by atoms with Gasteiger partial charge in [0.25, 0.3) is 0 Å². The molecule has 0 bridgehead atoms. The van der Waals surface area contributed by atoms with E-state index < -0.39 is 19.8 Å². The molecular weight excluding hydrogens is 179 g/mol. The van der Waals surface area contributed by atoms with Gasteiger partial charge in [0.2, 0.25) is 0 Å². The molecule has 0 saturated carbocycles. The van der Waals surface area contributed by atoms with Crippen molar-refractivity contribution in [3.8, 4) is 0 Å². The third kappa shape index (κ3) is 4.80. The Morgan fingerprint density at radius 1 is 1.50 bits per heavy atom. The summed E-state index contributed by atoms with van der Waals surface area (Å²) in [6.07, 6.45) is 1.17. The third-order valence-electron chi connectivity index (χ3n) is 0.781. The summed E-state index contributed by atoms with van der Waals surface area (Å²) in [7, 11) is 0. The van der Waals surface area contributed by atoms with Crippen molar-refractivity contribution in [3.63, 3.8) is 0 Å². The molecule has 1 radical (unpaired) electrons. The zero-order valence-electron chi connectivity index (χ0n) is 4.70. The zero-order valence-corrected chi connectivity index (χ0v) is 7.99. The van der Waals surface area contributed by atoms with Crippen molar-refractivity contribution in [1.82, 2.24) is 0 Å². The summed E-state index contributed by atoms with van der Waals surface area (Å²) < 4.78 is 1.47. The molecular formula is C5H13Sn. The molecule has 0 nitrogen and oxygen atoms in total. The van der Waals surface area contributed by atoms with Crippen LogP contribution in [0.15, 0.2) is 0 Å². The van der Waals surface area contributed by atoms with Crippen LogP contribution >= 0.6 is 0 Å². The first-order valence-corrected chi connectivity index (χ1v) is 11.5. The molecule has 37 valence electrons. The second kappa shape index (κ2) is 3.97. The summed E-state index contributed by atoms with van der Waals surface area (Å²) in [6, 6.07) is 0. The summed E-state index contributed by atoms with van der Waals surface area (Å²) >= 11 is -0.780. The van der Waals surface area contributed by atoms with E-state index in [0.717, 1.165) is 0 Å². The summed E-state index contributed by atoms with van der Waals surface area (Å²) in [6.45, 7) is 3.78. The first-order chi connectivity index (χ1) is 2.77. The third-order valence-corrected chi connectivity index (χ3v) is 5.24. The van der Waals surface area contributed by atoms with E-state index in [9.17, 15) is 0 Å². The van der Waals surface area contributed by atoms with Gasteiger partial charge in [0.05, 0.1) is 0 Å². The Labute approximate surface area is 47.7 Å². The molecule has 0 amide bonds. The SMILES string of the molecule is [CH2]C[CH2][SnH]([CH3])[CH3]. The summed E-state index contributed by atoms with van der Waals surface area (Å²) in [4.78, 5) is 4.85. The molecule has 0 N–H and O–H groups in total. The van der Waals surface area contributed by atoms with E-state index >= 15 is 0 Å². The van der Waals surface area contributed by atoms with E-state index in [0.29, 0.717) is 0 Å². The van der Waals surface area contributed by atoms with Crippen LogP contribution in [0.2, 0.25) is 14.3 Å². The standard InChI is InChI=1S/C3H6.2CH3.Sn.H/c1-3-2;;;;/h1-3H2;2*1H3;;. The van der Waals surface area contributed by atoms with Gasteiger partial charge in [-0.1, -0.05) is 0 Å². The van der Waals surface area contributed by atoms with Crippen LogP contribution in [-0.2, 0) is 0 Å². The molecule has 0 aromatic carbocycles. The van der Waals surface area contributed by atoms with Crippen LogP contribution < -0.4 is 0 Å². The Morgan fingerprint density at radius 3 is 2.00 bits per heavy atom. The minimum atomic E-state index is -0.780. The number of hydrogen-bond donors (Lipinski definition) is 0. The summed E-state index contributed by atoms with van der Waals surface area (Å²) in [5.41, 5.74) is 0. The Hall–Kier alpha value is 0.799. The van der Waals surface area contributed by atoms with Gasteiger partial charge < -0.3 is 0 Å². The normalized spacial score (nSPS) is 10.0. The molecule has 0 heterocycles. The monoisotopic (exact) mass is 193 g/mol. The maximum atomic E-state index is 3.78. The first-order valence-electron chi connectivity index (χ1n) is 2.56. The molecule has 1 heteroatoms. The van der Waals surface area contributed by atoms with E-state index in [1.165, 1.54) is 10.9 Å². The Morgan fingerprint density at radius 2 is 2.00 bits per heavy atom. The van der Waals surface area contributed by atoms with Crippen LogP contribution in [0.3, 0.4) is 0 Å². The molecule has 0 aliphatic carbocycles. The van der Waals surface area contributed by atoms with E-state index in [2.05, 4.69) is 16.8 Å². The van der Waals surface area contributed by atoms with Crippen molar-refractivity contribution in [2.75, 3.05) is 0 Å². The molecule has 0 rings (SSSR count). The van der Waals surface area contributed by atoms with Crippen molar-refractivity contribution in [3.05, 3.63) is 6.92 Å². The van der Waals surface area contributed by atoms with Crippen LogP contribution in [0, 0.1) is 6.92 Å². The van der Waals surface area contributed by atoms with Crippen molar-refractivity contribution >= 4 is 19.8 Å². The van der Waals surface area contributed by atoms with Gasteiger partial charge in [-0.15, -0.1) is 0 Å². The van der Waals surface area contributed by atoms with E-state index in [4.69, 9.17) is 0 Å². The molecule has 0 aromatic rings. The van der Waals surface area contributed by atoms with Crippen LogP contribution in [-0.4, -0.2) is 19.8 Å². The average Bonchev–Trinajstić information content (AvgIpc) is 1.35. The second-order valence-electron chi connectivity index (χ2n) is 2.04. The van der Waals surface area contributed by atoms with E-state index in [-0.39, 0.29) is 0 Å². The van der Waals surface area contributed by atoms with Crippen molar-refractivity contribution < 1.29 is 0 Å². The van der Waals surface area contributed by atoms with Gasteiger partial charge in [-0.25, -0.2) is 0 Å². The Kier molecular flexibility index (Phi) is 4.50. The second-order valence-corrected chi connectivity index (χ2v) is 11.6. The predicted molar refractivity (Wildman–Crippen MR) is 33.7 cm³/mol. The zero-order chi connectivity index (χ0) is 4.99. The Balaban J connectivity index is 2.63. The maximum absolute atomic E-state index is 3.78. The van der Waals surface area contributed by atoms with Gasteiger partial charge in [0.15, 0.2) is 0 Å². The molecule has 0 atom stereocenters. The van der Waals surface area contributed by atoms with Gasteiger partial charge in [0, 0.05) is 0 Å². The predicted octanol–water partition coefficient (Wildman–Crippen LogP) is 1.70. The van der Waals surface area contributed by atoms with Crippen molar-refractivity contribution in [2.24, 2.45) is 0 Å². The molecule has 0 saturated heterocycles. The summed E-state index contributed by atoms with van der Waals surface area (Å²) in [5, 5.41) is 0. The van der Waals surface area contributed by atoms with Crippen molar-refractivity contribution in [1.29, 1.82) is 0 Å². The van der Waals surface area contributed by atoms with Crippen LogP contribution in [0.25, 0.3) is 0 Å². The van der Waals surface area contributed by atoms with E-state index in [1.807, 2.05) is 0 Å². The summed E-state index contributed by atoms with van der Waals surface area (Å²) in [5.74, 6) is 0. The quantitative estimate of drug-likeness (QED) is 0.584. The molecule has 0 aromatic heterocycles. The van der Waals surface area contributed by atoms with Crippen LogP contribution in [0.1, 0.15) is 6.42 Å². The topological polar surface area (TPSA) is 0 Å². The molecule has 0 unspecified atom stereocenters. The van der Waals surface area contributed by atoms with Gasteiger partial charge in [-0.3, -0.25) is 0 Å². The molecule has 0 aliphatic heterocycles. The fraction of sp³-hybridized carbons (Fsp3) is 0.800. The first kappa shape index (κ1) is 6.80. The van der Waals surface area contributed by atoms with E-state index in [1.54, 1.807) is 0 Å². The van der Waals surface area contributed by atoms with Crippen molar-refractivity contribution in [2.45, 2.75) is 20.7 Å². The number of rotatable bonds is 2. The minimum absolute atomic E-state index is 0.780. The molecule has 0 aliphatic rings. The molecule has 0 fully saturated rings. The Bertz CT molecular complexity index is 25.1. The average molecular weight is 192 g/mol. The van der Waals surface area contributed by atoms with Gasteiger partial charge in [-0.05, 0) is 0 Å². The van der Waals surface area contributed by atoms with Gasteiger partial charge in [0.1, 0.15) is 0 Å². The fourth-order valence-corrected chi connectivity index (χ4v) is 2.74. The van der Waals surface area contributed by atoms with Crippen LogP contribution in [0.5, 0.6) is 0 Å². The van der Waals surface area contributed by atoms with Gasteiger partial charge >= 0.3 is 47.4 Å². The molecule has 0 spiro atoms. The van der Waals surface area contributed by atoms with Crippen LogP contribution in [0.4, 0.5) is 0 Å². The molecule has 6 heavy (non-hydrogen) atoms. The number of hydrogen-bond acceptors (Lipinski definition) is 0. The fourth-order valence-electron chi connectivity index (χ4n) is 0.408. The van der Waals surface area contributed by atoms with Gasteiger partial charge in [-0.2, -0.15) is 0 Å².